The van der Waals surface area contributed by atoms with Crippen molar-refractivity contribution in [3.8, 4) is 11.4 Å². The molecule has 1 atom stereocenters. The Labute approximate surface area is 179 Å². The molecular weight excluding hydrogens is 380 g/mol. The van der Waals surface area contributed by atoms with E-state index in [1.165, 1.54) is 49.4 Å². The molecule has 0 unspecified atom stereocenters. The third-order valence-corrected chi connectivity index (χ3v) is 6.92. The van der Waals surface area contributed by atoms with Crippen LogP contribution in [0.1, 0.15) is 65.4 Å². The molecule has 1 N–H and O–H groups in total. The fourth-order valence-corrected chi connectivity index (χ4v) is 4.62. The number of rotatable bonds is 6. The van der Waals surface area contributed by atoms with Gasteiger partial charge in [0.25, 0.3) is 0 Å². The molecule has 0 aliphatic heterocycles. The molecule has 1 aliphatic rings. The number of thioether (sulfide) groups is 1. The zero-order chi connectivity index (χ0) is 21.0. The molecule has 1 aromatic heterocycles. The van der Waals surface area contributed by atoms with Crippen molar-refractivity contribution in [3.05, 3.63) is 29.8 Å². The van der Waals surface area contributed by atoms with E-state index in [2.05, 4.69) is 60.6 Å². The summed E-state index contributed by atoms with van der Waals surface area (Å²) in [4.78, 5) is 12.5. The lowest BCUT2D eigenvalue weighted by Crippen LogP contribution is -2.35. The van der Waals surface area contributed by atoms with E-state index in [0.717, 1.165) is 23.1 Å². The first-order valence-corrected chi connectivity index (χ1v) is 11.6. The van der Waals surface area contributed by atoms with Crippen molar-refractivity contribution >= 4 is 17.7 Å². The van der Waals surface area contributed by atoms with E-state index in [0.29, 0.717) is 5.92 Å². The molecule has 2 aromatic rings. The predicted molar refractivity (Wildman–Crippen MR) is 120 cm³/mol. The highest BCUT2D eigenvalue weighted by atomic mass is 32.2. The van der Waals surface area contributed by atoms with E-state index in [1.807, 2.05) is 18.5 Å². The average Bonchev–Trinajstić information content (AvgIpc) is 3.06. The van der Waals surface area contributed by atoms with Crippen molar-refractivity contribution in [1.82, 2.24) is 20.1 Å². The molecule has 3 rings (SSSR count). The predicted octanol–water partition coefficient (Wildman–Crippen LogP) is 4.96. The number of aromatic nitrogens is 3. The van der Waals surface area contributed by atoms with Crippen LogP contribution in [0.3, 0.4) is 0 Å². The topological polar surface area (TPSA) is 59.8 Å². The molecule has 29 heavy (non-hydrogen) atoms. The molecular formula is C23H34N4OS. The van der Waals surface area contributed by atoms with Crippen molar-refractivity contribution in [1.29, 1.82) is 0 Å². The molecule has 158 valence electrons. The van der Waals surface area contributed by atoms with E-state index in [-0.39, 0.29) is 16.6 Å². The number of hydrogen-bond donors (Lipinski definition) is 1. The highest BCUT2D eigenvalue weighted by Gasteiger charge is 2.21. The van der Waals surface area contributed by atoms with E-state index >= 15 is 0 Å². The molecule has 0 saturated heterocycles. The second-order valence-electron chi connectivity index (χ2n) is 9.20. The summed E-state index contributed by atoms with van der Waals surface area (Å²) in [5.74, 6) is 1.55. The molecule has 5 nitrogen and oxygen atoms in total. The number of hydrogen-bond acceptors (Lipinski definition) is 4. The van der Waals surface area contributed by atoms with Gasteiger partial charge in [-0.1, -0.05) is 76.1 Å². The summed E-state index contributed by atoms with van der Waals surface area (Å²) in [5, 5.41) is 12.4. The smallest absolute Gasteiger partial charge is 0.233 e. The molecule has 1 heterocycles. The zero-order valence-electron chi connectivity index (χ0n) is 18.4. The van der Waals surface area contributed by atoms with Crippen LogP contribution in [0.15, 0.2) is 29.4 Å². The molecule has 1 fully saturated rings. The van der Waals surface area contributed by atoms with Crippen molar-refractivity contribution < 1.29 is 4.79 Å². The molecule has 1 aliphatic carbocycles. The van der Waals surface area contributed by atoms with E-state index < -0.39 is 0 Å². The van der Waals surface area contributed by atoms with Crippen LogP contribution in [0.5, 0.6) is 0 Å². The highest BCUT2D eigenvalue weighted by Crippen LogP contribution is 2.28. The summed E-state index contributed by atoms with van der Waals surface area (Å²) in [6.45, 7) is 9.36. The van der Waals surface area contributed by atoms with Gasteiger partial charge in [-0.05, 0) is 36.7 Å². The summed E-state index contributed by atoms with van der Waals surface area (Å²) in [6, 6.07) is 8.50. The monoisotopic (exact) mass is 414 g/mol. The Bertz CT molecular complexity index is 816. The van der Waals surface area contributed by atoms with Crippen LogP contribution >= 0.6 is 11.8 Å². The maximum atomic E-state index is 12.5. The minimum atomic E-state index is -0.197. The van der Waals surface area contributed by atoms with Gasteiger partial charge >= 0.3 is 0 Å². The van der Waals surface area contributed by atoms with Crippen LogP contribution in [-0.2, 0) is 17.3 Å². The van der Waals surface area contributed by atoms with E-state index in [9.17, 15) is 4.79 Å². The summed E-state index contributed by atoms with van der Waals surface area (Å²) in [6.07, 6.45) is 6.40. The first-order chi connectivity index (χ1) is 13.8. The molecule has 1 aromatic carbocycles. The van der Waals surface area contributed by atoms with Gasteiger partial charge in [-0.3, -0.25) is 4.79 Å². The Morgan fingerprint density at radius 1 is 1.17 bits per heavy atom. The molecule has 0 spiro atoms. The summed E-state index contributed by atoms with van der Waals surface area (Å²) < 4.78 is 1.97. The van der Waals surface area contributed by atoms with Crippen LogP contribution < -0.4 is 5.32 Å². The largest absolute Gasteiger partial charge is 0.355 e. The fraction of sp³-hybridized carbons (Fsp3) is 0.609. The van der Waals surface area contributed by atoms with Crippen molar-refractivity contribution in [2.24, 2.45) is 13.0 Å². The van der Waals surface area contributed by atoms with Gasteiger partial charge in [0.15, 0.2) is 11.0 Å². The van der Waals surface area contributed by atoms with Crippen molar-refractivity contribution in [2.75, 3.05) is 6.54 Å². The Morgan fingerprint density at radius 2 is 1.83 bits per heavy atom. The lowest BCUT2D eigenvalue weighted by atomic mass is 9.87. The van der Waals surface area contributed by atoms with Gasteiger partial charge in [-0.2, -0.15) is 0 Å². The van der Waals surface area contributed by atoms with Gasteiger partial charge < -0.3 is 9.88 Å². The van der Waals surface area contributed by atoms with Crippen LogP contribution in [-0.4, -0.2) is 32.5 Å². The fourth-order valence-electron chi connectivity index (χ4n) is 3.78. The van der Waals surface area contributed by atoms with Gasteiger partial charge in [0.2, 0.25) is 5.91 Å². The molecule has 0 radical (unpaired) electrons. The second kappa shape index (κ2) is 9.33. The van der Waals surface area contributed by atoms with Crippen molar-refractivity contribution in [3.63, 3.8) is 0 Å². The van der Waals surface area contributed by atoms with E-state index in [1.54, 1.807) is 0 Å². The minimum Gasteiger partial charge on any atom is -0.355 e. The van der Waals surface area contributed by atoms with E-state index in [4.69, 9.17) is 0 Å². The number of carbonyl (C=O) groups excluding carboxylic acids is 1. The lowest BCUT2D eigenvalue weighted by Gasteiger charge is -2.22. The first kappa shape index (κ1) is 21.9. The van der Waals surface area contributed by atoms with Gasteiger partial charge in [0, 0.05) is 19.2 Å². The van der Waals surface area contributed by atoms with Crippen molar-refractivity contribution in [2.45, 2.75) is 75.6 Å². The summed E-state index contributed by atoms with van der Waals surface area (Å²) >= 11 is 1.47. The van der Waals surface area contributed by atoms with Gasteiger partial charge in [-0.25, -0.2) is 0 Å². The summed E-state index contributed by atoms with van der Waals surface area (Å²) in [5.41, 5.74) is 2.45. The SMILES string of the molecule is C[C@@H](Sc1nnc(-c2ccc(C(C)(C)C)cc2)n1C)C(=O)NCC1CCCCC1. The summed E-state index contributed by atoms with van der Waals surface area (Å²) in [7, 11) is 1.96. The quantitative estimate of drug-likeness (QED) is 0.679. The van der Waals surface area contributed by atoms with Crippen LogP contribution in [0.25, 0.3) is 11.4 Å². The second-order valence-corrected chi connectivity index (χ2v) is 10.5. The normalized spacial score (nSPS) is 16.6. The number of carbonyl (C=O) groups is 1. The molecule has 1 saturated carbocycles. The third-order valence-electron chi connectivity index (χ3n) is 5.79. The zero-order valence-corrected chi connectivity index (χ0v) is 19.2. The average molecular weight is 415 g/mol. The lowest BCUT2D eigenvalue weighted by molar-refractivity contribution is -0.120. The number of amides is 1. The Balaban J connectivity index is 1.60. The number of nitrogens with zero attached hydrogens (tertiary/aromatic N) is 3. The highest BCUT2D eigenvalue weighted by molar-refractivity contribution is 8.00. The van der Waals surface area contributed by atoms with Crippen LogP contribution in [0, 0.1) is 5.92 Å². The van der Waals surface area contributed by atoms with Gasteiger partial charge in [0.1, 0.15) is 0 Å². The molecule has 1 amide bonds. The molecule has 6 heteroatoms. The van der Waals surface area contributed by atoms with Gasteiger partial charge in [-0.15, -0.1) is 10.2 Å². The number of benzene rings is 1. The minimum absolute atomic E-state index is 0.0830. The van der Waals surface area contributed by atoms with Gasteiger partial charge in [0.05, 0.1) is 5.25 Å². The molecule has 0 bridgehead atoms. The van der Waals surface area contributed by atoms with Crippen LogP contribution in [0.4, 0.5) is 0 Å². The standard InChI is InChI=1S/C23H34N4OS/c1-16(21(28)24-15-17-9-7-6-8-10-17)29-22-26-25-20(27(22)5)18-11-13-19(14-12-18)23(2,3)4/h11-14,16-17H,6-10,15H2,1-5H3,(H,24,28)/t16-/m1/s1. The Morgan fingerprint density at radius 3 is 2.45 bits per heavy atom. The maximum absolute atomic E-state index is 12.5. The number of nitrogens with one attached hydrogen (secondary N) is 1. The first-order valence-electron chi connectivity index (χ1n) is 10.7. The Hall–Kier alpha value is -1.82. The van der Waals surface area contributed by atoms with Crippen LogP contribution in [0.2, 0.25) is 0 Å². The third kappa shape index (κ3) is 5.62. The Kier molecular flexibility index (Phi) is 7.04. The maximum Gasteiger partial charge on any atom is 0.233 e.